The van der Waals surface area contributed by atoms with Crippen molar-refractivity contribution in [1.29, 1.82) is 5.26 Å². The van der Waals surface area contributed by atoms with Crippen molar-refractivity contribution < 1.29 is 17.9 Å². The van der Waals surface area contributed by atoms with Gasteiger partial charge in [0, 0.05) is 18.4 Å². The number of aryl methyl sites for hydroxylation is 1. The van der Waals surface area contributed by atoms with E-state index in [1.807, 2.05) is 31.2 Å². The Labute approximate surface area is 210 Å². The van der Waals surface area contributed by atoms with Crippen LogP contribution in [0.15, 0.2) is 42.6 Å². The summed E-state index contributed by atoms with van der Waals surface area (Å²) in [5.41, 5.74) is 4.45. The lowest BCUT2D eigenvalue weighted by Gasteiger charge is -2.16. The molecule has 1 atom stereocenters. The van der Waals surface area contributed by atoms with Gasteiger partial charge in [-0.05, 0) is 66.3 Å². The summed E-state index contributed by atoms with van der Waals surface area (Å²) in [4.78, 5) is 8.30. The van der Waals surface area contributed by atoms with E-state index in [4.69, 9.17) is 21.1 Å². The molecule has 1 aliphatic carbocycles. The highest BCUT2D eigenvalue weighted by Crippen LogP contribution is 2.42. The van der Waals surface area contributed by atoms with Crippen LogP contribution in [-0.4, -0.2) is 31.2 Å². The van der Waals surface area contributed by atoms with Gasteiger partial charge in [0.05, 0.1) is 22.9 Å². The number of hydrogen-bond donors (Lipinski definition) is 0. The third kappa shape index (κ3) is 6.11. The maximum atomic E-state index is 11.5. The van der Waals surface area contributed by atoms with Gasteiger partial charge in [0.2, 0.25) is 0 Å². The lowest BCUT2D eigenvalue weighted by atomic mass is 9.91. The van der Waals surface area contributed by atoms with Crippen LogP contribution in [0.1, 0.15) is 59.5 Å². The highest BCUT2D eigenvalue weighted by molar-refractivity contribution is 7.89. The van der Waals surface area contributed by atoms with E-state index in [0.717, 1.165) is 31.1 Å². The number of sulfone groups is 1. The van der Waals surface area contributed by atoms with Crippen LogP contribution in [-0.2, 0) is 28.6 Å². The molecule has 0 aliphatic heterocycles. The summed E-state index contributed by atoms with van der Waals surface area (Å²) >= 11 is 6.49. The molecule has 0 fully saturated rings. The van der Waals surface area contributed by atoms with Crippen molar-refractivity contribution in [1.82, 2.24) is 9.97 Å². The molecular formula is C26H26ClN3O4S. The summed E-state index contributed by atoms with van der Waals surface area (Å²) in [7, 11) is -3.21. The Hall–Kier alpha value is -3.15. The average Bonchev–Trinajstić information content (AvgIpc) is 3.24. The highest BCUT2D eigenvalue weighted by Gasteiger charge is 2.26. The van der Waals surface area contributed by atoms with Crippen molar-refractivity contribution in [2.75, 3.05) is 12.9 Å². The molecule has 35 heavy (non-hydrogen) atoms. The standard InChI is InChI=1S/C26H26ClN3O4S/c1-3-10-33-26-19(14-28)11-18(13-24(26)27)23-6-4-17-12-21(5-7-22(17)23)34-15-20-8-9-29-25(30-20)16-35(2,31)32/h5,7-9,11-13,23H,3-4,6,10,15-16H2,1-2H3/t23-/m0/s1. The maximum Gasteiger partial charge on any atom is 0.155 e. The Morgan fingerprint density at radius 3 is 2.77 bits per heavy atom. The number of rotatable bonds is 9. The number of halogens is 1. The first-order chi connectivity index (χ1) is 16.8. The molecular weight excluding hydrogens is 486 g/mol. The topological polar surface area (TPSA) is 102 Å². The summed E-state index contributed by atoms with van der Waals surface area (Å²) in [6, 6.07) is 13.7. The molecule has 4 rings (SSSR count). The first-order valence-electron chi connectivity index (χ1n) is 11.4. The lowest BCUT2D eigenvalue weighted by Crippen LogP contribution is -2.08. The van der Waals surface area contributed by atoms with Gasteiger partial charge in [0.1, 0.15) is 30.0 Å². The van der Waals surface area contributed by atoms with Crippen LogP contribution >= 0.6 is 11.6 Å². The molecule has 0 N–H and O–H groups in total. The van der Waals surface area contributed by atoms with Gasteiger partial charge in [0.15, 0.2) is 15.6 Å². The normalized spacial score (nSPS) is 14.9. The van der Waals surface area contributed by atoms with Crippen molar-refractivity contribution in [3.8, 4) is 17.6 Å². The number of fused-ring (bicyclic) bond motifs is 1. The van der Waals surface area contributed by atoms with Gasteiger partial charge in [-0.3, -0.25) is 0 Å². The van der Waals surface area contributed by atoms with Gasteiger partial charge in [-0.1, -0.05) is 24.6 Å². The first-order valence-corrected chi connectivity index (χ1v) is 13.8. The van der Waals surface area contributed by atoms with Crippen molar-refractivity contribution in [2.45, 2.75) is 44.5 Å². The van der Waals surface area contributed by atoms with E-state index in [0.29, 0.717) is 34.4 Å². The molecule has 0 bridgehead atoms. The molecule has 182 valence electrons. The van der Waals surface area contributed by atoms with Gasteiger partial charge < -0.3 is 9.47 Å². The predicted octanol–water partition coefficient (Wildman–Crippen LogP) is 4.99. The van der Waals surface area contributed by atoms with Crippen molar-refractivity contribution in [3.05, 3.63) is 81.4 Å². The molecule has 1 heterocycles. The minimum Gasteiger partial charge on any atom is -0.491 e. The second kappa shape index (κ2) is 10.6. The van der Waals surface area contributed by atoms with E-state index < -0.39 is 9.84 Å². The summed E-state index contributed by atoms with van der Waals surface area (Å²) in [5, 5.41) is 10.1. The zero-order valence-electron chi connectivity index (χ0n) is 19.6. The Morgan fingerprint density at radius 1 is 1.20 bits per heavy atom. The predicted molar refractivity (Wildman–Crippen MR) is 133 cm³/mol. The van der Waals surface area contributed by atoms with Crippen LogP contribution in [0.5, 0.6) is 11.5 Å². The minimum atomic E-state index is -3.21. The summed E-state index contributed by atoms with van der Waals surface area (Å²) in [6.07, 6.45) is 5.33. The summed E-state index contributed by atoms with van der Waals surface area (Å²) in [5.74, 6) is 1.36. The maximum absolute atomic E-state index is 11.5. The molecule has 0 spiro atoms. The quantitative estimate of drug-likeness (QED) is 0.398. The number of nitriles is 1. The molecule has 1 aromatic heterocycles. The molecule has 2 aromatic carbocycles. The van der Waals surface area contributed by atoms with Crippen LogP contribution < -0.4 is 9.47 Å². The Kier molecular flexibility index (Phi) is 7.58. The van der Waals surface area contributed by atoms with E-state index in [1.165, 1.54) is 11.1 Å². The van der Waals surface area contributed by atoms with Crippen LogP contribution in [0.4, 0.5) is 0 Å². The Bertz CT molecular complexity index is 1390. The molecule has 3 aromatic rings. The lowest BCUT2D eigenvalue weighted by molar-refractivity contribution is 0.300. The number of hydrogen-bond acceptors (Lipinski definition) is 7. The second-order valence-electron chi connectivity index (χ2n) is 8.61. The third-order valence-corrected chi connectivity index (χ3v) is 6.84. The number of aromatic nitrogens is 2. The monoisotopic (exact) mass is 511 g/mol. The smallest absolute Gasteiger partial charge is 0.155 e. The molecule has 0 amide bonds. The fourth-order valence-electron chi connectivity index (χ4n) is 4.26. The van der Waals surface area contributed by atoms with E-state index >= 15 is 0 Å². The second-order valence-corrected chi connectivity index (χ2v) is 11.2. The SMILES string of the molecule is CCCOc1c(Cl)cc([C@@H]2CCc3cc(OCc4ccnc(CS(C)(=O)=O)n4)ccc32)cc1C#N. The molecule has 7 nitrogen and oxygen atoms in total. The van der Waals surface area contributed by atoms with E-state index in [-0.39, 0.29) is 24.1 Å². The van der Waals surface area contributed by atoms with Crippen LogP contribution in [0.25, 0.3) is 0 Å². The first kappa shape index (κ1) is 25.0. The number of nitrogens with zero attached hydrogens (tertiary/aromatic N) is 3. The average molecular weight is 512 g/mol. The van der Waals surface area contributed by atoms with E-state index in [9.17, 15) is 13.7 Å². The van der Waals surface area contributed by atoms with Crippen LogP contribution in [0, 0.1) is 11.3 Å². The van der Waals surface area contributed by atoms with Gasteiger partial charge in [-0.25, -0.2) is 18.4 Å². The zero-order valence-corrected chi connectivity index (χ0v) is 21.2. The molecule has 0 unspecified atom stereocenters. The molecule has 0 saturated carbocycles. The van der Waals surface area contributed by atoms with E-state index in [2.05, 4.69) is 22.1 Å². The number of ether oxygens (including phenoxy) is 2. The minimum absolute atomic E-state index is 0.143. The summed E-state index contributed by atoms with van der Waals surface area (Å²) < 4.78 is 34.6. The third-order valence-electron chi connectivity index (χ3n) is 5.77. The van der Waals surface area contributed by atoms with Gasteiger partial charge >= 0.3 is 0 Å². The zero-order chi connectivity index (χ0) is 25.0. The van der Waals surface area contributed by atoms with Crippen LogP contribution in [0.2, 0.25) is 5.02 Å². The van der Waals surface area contributed by atoms with Crippen molar-refractivity contribution in [3.63, 3.8) is 0 Å². The molecule has 1 aliphatic rings. The van der Waals surface area contributed by atoms with Crippen LogP contribution in [0.3, 0.4) is 0 Å². The van der Waals surface area contributed by atoms with Crippen molar-refractivity contribution in [2.24, 2.45) is 0 Å². The molecule has 0 radical (unpaired) electrons. The summed E-state index contributed by atoms with van der Waals surface area (Å²) in [6.45, 7) is 2.73. The Morgan fingerprint density at radius 2 is 2.03 bits per heavy atom. The molecule has 0 saturated heterocycles. The largest absolute Gasteiger partial charge is 0.491 e. The van der Waals surface area contributed by atoms with E-state index in [1.54, 1.807) is 12.3 Å². The molecule has 9 heteroatoms. The Balaban J connectivity index is 1.49. The van der Waals surface area contributed by atoms with Crippen molar-refractivity contribution >= 4 is 21.4 Å². The highest BCUT2D eigenvalue weighted by atomic mass is 35.5. The van der Waals surface area contributed by atoms with Gasteiger partial charge in [-0.2, -0.15) is 5.26 Å². The van der Waals surface area contributed by atoms with Gasteiger partial charge in [-0.15, -0.1) is 0 Å². The fraction of sp³-hybridized carbons (Fsp3) is 0.346. The fourth-order valence-corrected chi connectivity index (χ4v) is 5.15. The number of benzene rings is 2. The van der Waals surface area contributed by atoms with Gasteiger partial charge in [0.25, 0.3) is 0 Å².